The van der Waals surface area contributed by atoms with Crippen molar-refractivity contribution in [2.24, 2.45) is 5.92 Å². The van der Waals surface area contributed by atoms with E-state index in [0.29, 0.717) is 16.6 Å². The molecule has 17 heavy (non-hydrogen) atoms. The Bertz CT molecular complexity index is 396. The molecule has 5 heteroatoms. The molecule has 1 atom stereocenters. The highest BCUT2D eigenvalue weighted by Crippen LogP contribution is 2.26. The summed E-state index contributed by atoms with van der Waals surface area (Å²) in [6.07, 6.45) is 2.26. The molecule has 0 saturated heterocycles. The van der Waals surface area contributed by atoms with E-state index in [4.69, 9.17) is 11.6 Å². The SMILES string of the molecule is CCCC(C)CNc1cc([N+](=O)[O-])ccc1Cl. The van der Waals surface area contributed by atoms with Crippen molar-refractivity contribution in [3.8, 4) is 0 Å². The summed E-state index contributed by atoms with van der Waals surface area (Å²) in [5.74, 6) is 0.523. The fourth-order valence-corrected chi connectivity index (χ4v) is 1.83. The predicted octanol–water partition coefficient (Wildman–Crippen LogP) is 4.10. The molecular formula is C12H17ClN2O2. The molecular weight excluding hydrogens is 240 g/mol. The van der Waals surface area contributed by atoms with Crippen LogP contribution in [-0.2, 0) is 0 Å². The fourth-order valence-electron chi connectivity index (χ4n) is 1.64. The van der Waals surface area contributed by atoms with Gasteiger partial charge in [-0.25, -0.2) is 0 Å². The van der Waals surface area contributed by atoms with E-state index in [9.17, 15) is 10.1 Å². The van der Waals surface area contributed by atoms with Crippen LogP contribution in [-0.4, -0.2) is 11.5 Å². The Balaban J connectivity index is 2.69. The topological polar surface area (TPSA) is 55.2 Å². The van der Waals surface area contributed by atoms with Crippen LogP contribution in [0.1, 0.15) is 26.7 Å². The molecule has 0 bridgehead atoms. The zero-order chi connectivity index (χ0) is 12.8. The summed E-state index contributed by atoms with van der Waals surface area (Å²) in [6, 6.07) is 4.43. The van der Waals surface area contributed by atoms with Crippen LogP contribution in [0.2, 0.25) is 5.02 Å². The zero-order valence-corrected chi connectivity index (χ0v) is 10.8. The number of nitro benzene ring substituents is 1. The Morgan fingerprint density at radius 3 is 2.82 bits per heavy atom. The van der Waals surface area contributed by atoms with Gasteiger partial charge in [-0.15, -0.1) is 0 Å². The number of hydrogen-bond acceptors (Lipinski definition) is 3. The standard InChI is InChI=1S/C12H17ClN2O2/c1-3-4-9(2)8-14-12-7-10(15(16)17)5-6-11(12)13/h5-7,9,14H,3-4,8H2,1-2H3. The molecule has 1 rings (SSSR count). The largest absolute Gasteiger partial charge is 0.383 e. The van der Waals surface area contributed by atoms with Gasteiger partial charge >= 0.3 is 0 Å². The van der Waals surface area contributed by atoms with E-state index in [1.165, 1.54) is 12.1 Å². The van der Waals surface area contributed by atoms with Gasteiger partial charge in [-0.05, 0) is 18.4 Å². The smallest absolute Gasteiger partial charge is 0.271 e. The molecule has 0 saturated carbocycles. The highest BCUT2D eigenvalue weighted by molar-refractivity contribution is 6.33. The summed E-state index contributed by atoms with van der Waals surface area (Å²) in [4.78, 5) is 10.2. The second kappa shape index (κ2) is 6.45. The van der Waals surface area contributed by atoms with Crippen molar-refractivity contribution < 1.29 is 4.92 Å². The van der Waals surface area contributed by atoms with E-state index < -0.39 is 4.92 Å². The lowest BCUT2D eigenvalue weighted by Gasteiger charge is -2.13. The van der Waals surface area contributed by atoms with Crippen LogP contribution >= 0.6 is 11.6 Å². The number of anilines is 1. The van der Waals surface area contributed by atoms with Crippen molar-refractivity contribution in [1.29, 1.82) is 0 Å². The molecule has 0 amide bonds. The summed E-state index contributed by atoms with van der Waals surface area (Å²) < 4.78 is 0. The van der Waals surface area contributed by atoms with Crippen LogP contribution in [0, 0.1) is 16.0 Å². The quantitative estimate of drug-likeness (QED) is 0.616. The molecule has 1 unspecified atom stereocenters. The second-order valence-corrected chi connectivity index (χ2v) is 4.60. The molecule has 1 aromatic rings. The van der Waals surface area contributed by atoms with E-state index in [0.717, 1.165) is 19.4 Å². The van der Waals surface area contributed by atoms with Crippen molar-refractivity contribution in [2.45, 2.75) is 26.7 Å². The first-order valence-electron chi connectivity index (χ1n) is 5.72. The minimum absolute atomic E-state index is 0.0556. The average Bonchev–Trinajstić information content (AvgIpc) is 2.28. The van der Waals surface area contributed by atoms with Crippen molar-refractivity contribution in [2.75, 3.05) is 11.9 Å². The Hall–Kier alpha value is -1.29. The number of hydrogen-bond donors (Lipinski definition) is 1. The molecule has 1 aromatic carbocycles. The van der Waals surface area contributed by atoms with Gasteiger partial charge in [-0.2, -0.15) is 0 Å². The van der Waals surface area contributed by atoms with E-state index in [-0.39, 0.29) is 5.69 Å². The van der Waals surface area contributed by atoms with Crippen molar-refractivity contribution >= 4 is 23.0 Å². The Labute approximate surface area is 106 Å². The third-order valence-electron chi connectivity index (χ3n) is 2.58. The number of benzene rings is 1. The maximum atomic E-state index is 10.6. The highest BCUT2D eigenvalue weighted by atomic mass is 35.5. The number of rotatable bonds is 6. The first-order valence-corrected chi connectivity index (χ1v) is 6.10. The average molecular weight is 257 g/mol. The monoisotopic (exact) mass is 256 g/mol. The number of nitrogens with zero attached hydrogens (tertiary/aromatic N) is 1. The van der Waals surface area contributed by atoms with Crippen molar-refractivity contribution in [3.63, 3.8) is 0 Å². The maximum absolute atomic E-state index is 10.6. The molecule has 1 N–H and O–H groups in total. The van der Waals surface area contributed by atoms with Crippen molar-refractivity contribution in [1.82, 2.24) is 0 Å². The third kappa shape index (κ3) is 4.23. The summed E-state index contributed by atoms with van der Waals surface area (Å²) in [6.45, 7) is 5.05. The Kier molecular flexibility index (Phi) is 5.22. The summed E-state index contributed by atoms with van der Waals surface area (Å²) in [7, 11) is 0. The Morgan fingerprint density at radius 1 is 1.53 bits per heavy atom. The van der Waals surface area contributed by atoms with Gasteiger partial charge in [0.2, 0.25) is 0 Å². The first-order chi connectivity index (χ1) is 8.04. The maximum Gasteiger partial charge on any atom is 0.271 e. The van der Waals surface area contributed by atoms with Crippen LogP contribution < -0.4 is 5.32 Å². The first kappa shape index (κ1) is 13.8. The van der Waals surface area contributed by atoms with Gasteiger partial charge in [-0.3, -0.25) is 10.1 Å². The van der Waals surface area contributed by atoms with E-state index >= 15 is 0 Å². The third-order valence-corrected chi connectivity index (χ3v) is 2.91. The fraction of sp³-hybridized carbons (Fsp3) is 0.500. The lowest BCUT2D eigenvalue weighted by molar-refractivity contribution is -0.384. The molecule has 0 aliphatic rings. The van der Waals surface area contributed by atoms with Gasteiger partial charge < -0.3 is 5.32 Å². The van der Waals surface area contributed by atoms with Gasteiger partial charge in [0.05, 0.1) is 15.6 Å². The number of non-ortho nitro benzene ring substituents is 1. The highest BCUT2D eigenvalue weighted by Gasteiger charge is 2.10. The summed E-state index contributed by atoms with van der Waals surface area (Å²) in [5, 5.41) is 14.3. The molecule has 0 aromatic heterocycles. The van der Waals surface area contributed by atoms with Gasteiger partial charge in [0.25, 0.3) is 5.69 Å². The number of nitro groups is 1. The van der Waals surface area contributed by atoms with E-state index in [1.54, 1.807) is 6.07 Å². The second-order valence-electron chi connectivity index (χ2n) is 4.20. The lowest BCUT2D eigenvalue weighted by Crippen LogP contribution is -2.11. The minimum atomic E-state index is -0.420. The molecule has 0 aliphatic heterocycles. The van der Waals surface area contributed by atoms with E-state index in [2.05, 4.69) is 19.2 Å². The Morgan fingerprint density at radius 2 is 2.24 bits per heavy atom. The van der Waals surface area contributed by atoms with Crippen LogP contribution in [0.4, 0.5) is 11.4 Å². The van der Waals surface area contributed by atoms with Gasteiger partial charge in [0, 0.05) is 18.7 Å². The summed E-state index contributed by atoms with van der Waals surface area (Å²) >= 11 is 5.98. The van der Waals surface area contributed by atoms with Crippen LogP contribution in [0.15, 0.2) is 18.2 Å². The summed E-state index contributed by atoms with van der Waals surface area (Å²) in [5.41, 5.74) is 0.684. The predicted molar refractivity (Wildman–Crippen MR) is 70.7 cm³/mol. The van der Waals surface area contributed by atoms with Crippen LogP contribution in [0.25, 0.3) is 0 Å². The normalized spacial score (nSPS) is 12.2. The molecule has 94 valence electrons. The molecule has 0 spiro atoms. The van der Waals surface area contributed by atoms with Crippen LogP contribution in [0.5, 0.6) is 0 Å². The van der Waals surface area contributed by atoms with Gasteiger partial charge in [0.1, 0.15) is 0 Å². The minimum Gasteiger partial charge on any atom is -0.383 e. The van der Waals surface area contributed by atoms with Gasteiger partial charge in [0.15, 0.2) is 0 Å². The van der Waals surface area contributed by atoms with Crippen molar-refractivity contribution in [3.05, 3.63) is 33.3 Å². The number of nitrogens with one attached hydrogen (secondary N) is 1. The van der Waals surface area contributed by atoms with E-state index in [1.807, 2.05) is 0 Å². The molecule has 0 radical (unpaired) electrons. The molecule has 0 aliphatic carbocycles. The zero-order valence-electron chi connectivity index (χ0n) is 10.1. The number of halogens is 1. The molecule has 4 nitrogen and oxygen atoms in total. The van der Waals surface area contributed by atoms with Gasteiger partial charge in [-0.1, -0.05) is 31.9 Å². The molecule has 0 fully saturated rings. The lowest BCUT2D eigenvalue weighted by atomic mass is 10.1. The van der Waals surface area contributed by atoms with Crippen LogP contribution in [0.3, 0.4) is 0 Å². The molecule has 0 heterocycles.